The molecular formula is C16H13Br2N5O4S. The van der Waals surface area contributed by atoms with Crippen LogP contribution in [0.3, 0.4) is 0 Å². The van der Waals surface area contributed by atoms with Crippen LogP contribution in [0, 0.1) is 0 Å². The maximum atomic E-state index is 11.1. The molecule has 146 valence electrons. The van der Waals surface area contributed by atoms with Crippen molar-refractivity contribution in [2.24, 2.45) is 0 Å². The largest absolute Gasteiger partial charge is 0.473 e. The summed E-state index contributed by atoms with van der Waals surface area (Å²) in [5.74, 6) is 0.345. The zero-order valence-corrected chi connectivity index (χ0v) is 18.1. The molecule has 28 heavy (non-hydrogen) atoms. The van der Waals surface area contributed by atoms with Crippen LogP contribution in [0.15, 0.2) is 51.9 Å². The first kappa shape index (κ1) is 20.4. The van der Waals surface area contributed by atoms with Crippen molar-refractivity contribution < 1.29 is 17.9 Å². The number of hydrogen-bond acceptors (Lipinski definition) is 8. The summed E-state index contributed by atoms with van der Waals surface area (Å²) in [7, 11) is -2.90. The molecule has 3 aromatic rings. The fourth-order valence-electron chi connectivity index (χ4n) is 2.17. The van der Waals surface area contributed by atoms with Crippen molar-refractivity contribution in [2.45, 2.75) is 0 Å². The molecule has 0 aliphatic rings. The Hall–Kier alpha value is -2.31. The fourth-order valence-corrected chi connectivity index (χ4v) is 2.98. The highest BCUT2D eigenvalue weighted by Gasteiger charge is 2.16. The van der Waals surface area contributed by atoms with E-state index >= 15 is 0 Å². The van der Waals surface area contributed by atoms with Gasteiger partial charge in [-0.25, -0.2) is 28.4 Å². The third-order valence-electron chi connectivity index (χ3n) is 3.29. The number of aromatic nitrogens is 4. The van der Waals surface area contributed by atoms with Gasteiger partial charge in [0.05, 0.1) is 10.0 Å². The molecule has 0 saturated carbocycles. The van der Waals surface area contributed by atoms with Crippen LogP contribution in [0.5, 0.6) is 11.9 Å². The lowest BCUT2D eigenvalue weighted by Gasteiger charge is -2.13. The number of nitrogens with zero attached hydrogens (tertiary/aromatic N) is 4. The molecule has 0 fully saturated rings. The maximum absolute atomic E-state index is 11.1. The van der Waals surface area contributed by atoms with E-state index in [-0.39, 0.29) is 30.9 Å². The molecule has 2 aromatic heterocycles. The average molecular weight is 531 g/mol. The molecule has 0 spiro atoms. The van der Waals surface area contributed by atoms with Gasteiger partial charge < -0.3 is 9.47 Å². The van der Waals surface area contributed by atoms with E-state index in [2.05, 4.69) is 56.5 Å². The monoisotopic (exact) mass is 529 g/mol. The lowest BCUT2D eigenvalue weighted by atomic mass is 10.1. The predicted octanol–water partition coefficient (Wildman–Crippen LogP) is 2.85. The smallest absolute Gasteiger partial charge is 0.316 e. The van der Waals surface area contributed by atoms with Crippen molar-refractivity contribution in [2.75, 3.05) is 17.9 Å². The molecule has 1 N–H and O–H groups in total. The lowest BCUT2D eigenvalue weighted by molar-refractivity contribution is 0.202. The molecule has 9 nitrogen and oxygen atoms in total. The normalized spacial score (nSPS) is 10.7. The number of ether oxygens (including phenoxy) is 2. The molecule has 2 heterocycles. The van der Waals surface area contributed by atoms with Gasteiger partial charge in [0.2, 0.25) is 16.8 Å². The topological polar surface area (TPSA) is 116 Å². The highest BCUT2D eigenvalue weighted by molar-refractivity contribution is 9.10. The van der Waals surface area contributed by atoms with E-state index in [9.17, 15) is 8.42 Å². The molecule has 1 aromatic carbocycles. The zero-order valence-electron chi connectivity index (χ0n) is 14.1. The predicted molar refractivity (Wildman–Crippen MR) is 110 cm³/mol. The second-order valence-electron chi connectivity index (χ2n) is 5.16. The molecule has 0 aliphatic carbocycles. The van der Waals surface area contributed by atoms with Crippen molar-refractivity contribution >= 4 is 48.6 Å². The van der Waals surface area contributed by atoms with Crippen molar-refractivity contribution in [1.29, 1.82) is 0 Å². The quantitative estimate of drug-likeness (QED) is 0.337. The average Bonchev–Trinajstić information content (AvgIpc) is 2.67. The summed E-state index contributed by atoms with van der Waals surface area (Å²) < 4.78 is 37.3. The number of rotatable bonds is 8. The van der Waals surface area contributed by atoms with Crippen LogP contribution in [-0.4, -0.2) is 41.6 Å². The Bertz CT molecular complexity index is 1010. The van der Waals surface area contributed by atoms with E-state index in [4.69, 9.17) is 9.47 Å². The van der Waals surface area contributed by atoms with E-state index in [0.29, 0.717) is 11.1 Å². The summed E-state index contributed by atoms with van der Waals surface area (Å²) in [6.07, 6.45) is 4.36. The van der Waals surface area contributed by atoms with Crippen LogP contribution in [0.2, 0.25) is 0 Å². The van der Waals surface area contributed by atoms with Crippen LogP contribution >= 0.6 is 31.9 Å². The summed E-state index contributed by atoms with van der Waals surface area (Å²) in [5.41, 5.74) is 1.12. The fraction of sp³-hybridized carbons (Fsp3) is 0.125. The lowest BCUT2D eigenvalue weighted by Crippen LogP contribution is -2.12. The summed E-state index contributed by atoms with van der Waals surface area (Å²) in [4.78, 5) is 16.1. The number of hydrogen-bond donors (Lipinski definition) is 2. The van der Waals surface area contributed by atoms with Gasteiger partial charge in [0.25, 0.3) is 0 Å². The maximum Gasteiger partial charge on any atom is 0.316 e. The Morgan fingerprint density at radius 2 is 1.57 bits per heavy atom. The summed E-state index contributed by atoms with van der Waals surface area (Å²) >= 11 is 6.61. The first-order chi connectivity index (χ1) is 13.5. The summed E-state index contributed by atoms with van der Waals surface area (Å²) in [6.45, 7) is 0.312. The standard InChI is InChI=1S/C16H13Br2N5O4S/c17-11-3-1-10(2-4-11)13-14(23-28(24)25)21-9-22-15(13)26-5-6-27-16-19-7-12(18)8-20-16/h1-4,7-9,28H,5-6H2,(H,21,22,23,24,25). The van der Waals surface area contributed by atoms with E-state index in [1.54, 1.807) is 24.5 Å². The number of thiol groups is 1. The third-order valence-corrected chi connectivity index (χ3v) is 4.63. The third kappa shape index (κ3) is 5.59. The molecule has 0 atom stereocenters. The van der Waals surface area contributed by atoms with Gasteiger partial charge in [0.1, 0.15) is 19.5 Å². The van der Waals surface area contributed by atoms with Crippen molar-refractivity contribution in [3.05, 3.63) is 51.9 Å². The van der Waals surface area contributed by atoms with Crippen molar-refractivity contribution in [3.8, 4) is 23.0 Å². The number of nitrogens with one attached hydrogen (secondary N) is 1. The Morgan fingerprint density at radius 1 is 0.893 bits per heavy atom. The van der Waals surface area contributed by atoms with Gasteiger partial charge in [0, 0.05) is 16.9 Å². The van der Waals surface area contributed by atoms with Gasteiger partial charge in [-0.15, -0.1) is 0 Å². The minimum atomic E-state index is -2.90. The van der Waals surface area contributed by atoms with Crippen molar-refractivity contribution in [3.63, 3.8) is 0 Å². The van der Waals surface area contributed by atoms with Gasteiger partial charge in [-0.2, -0.15) is 0 Å². The molecule has 3 rings (SSSR count). The minimum absolute atomic E-state index is 0.126. The van der Waals surface area contributed by atoms with Gasteiger partial charge >= 0.3 is 6.01 Å². The Morgan fingerprint density at radius 3 is 2.25 bits per heavy atom. The van der Waals surface area contributed by atoms with E-state index < -0.39 is 10.9 Å². The van der Waals surface area contributed by atoms with Crippen LogP contribution in [-0.2, 0) is 10.9 Å². The molecule has 0 bridgehead atoms. The highest BCUT2D eigenvalue weighted by atomic mass is 79.9. The molecule has 0 amide bonds. The Labute approximate surface area is 178 Å². The molecule has 0 radical (unpaired) electrons. The molecule has 0 unspecified atom stereocenters. The first-order valence-electron chi connectivity index (χ1n) is 7.78. The zero-order chi connectivity index (χ0) is 19.9. The van der Waals surface area contributed by atoms with E-state index in [1.165, 1.54) is 6.33 Å². The highest BCUT2D eigenvalue weighted by Crippen LogP contribution is 2.34. The number of benzene rings is 1. The Kier molecular flexibility index (Phi) is 7.12. The van der Waals surface area contributed by atoms with Gasteiger partial charge in [-0.1, -0.05) is 28.1 Å². The van der Waals surface area contributed by atoms with Gasteiger partial charge in [-0.3, -0.25) is 4.72 Å². The molecule has 0 aliphatic heterocycles. The molecule has 12 heteroatoms. The summed E-state index contributed by atoms with van der Waals surface area (Å²) in [6, 6.07) is 7.45. The Balaban J connectivity index is 1.77. The molecule has 0 saturated heterocycles. The van der Waals surface area contributed by atoms with Crippen molar-refractivity contribution in [1.82, 2.24) is 19.9 Å². The second kappa shape index (κ2) is 9.75. The SMILES string of the molecule is O=[SH](=O)Nc1ncnc(OCCOc2ncc(Br)cn2)c1-c1ccc(Br)cc1. The first-order valence-corrected chi connectivity index (χ1v) is 10.5. The molecular weight excluding hydrogens is 518 g/mol. The second-order valence-corrected chi connectivity index (χ2v) is 7.73. The van der Waals surface area contributed by atoms with Crippen LogP contribution in [0.4, 0.5) is 5.82 Å². The van der Waals surface area contributed by atoms with E-state index in [1.807, 2.05) is 12.1 Å². The van der Waals surface area contributed by atoms with Crippen LogP contribution in [0.25, 0.3) is 11.1 Å². The van der Waals surface area contributed by atoms with Gasteiger partial charge in [0.15, 0.2) is 5.82 Å². The number of halogens is 2. The van der Waals surface area contributed by atoms with Crippen LogP contribution < -0.4 is 14.2 Å². The van der Waals surface area contributed by atoms with E-state index in [0.717, 1.165) is 8.95 Å². The summed E-state index contributed by atoms with van der Waals surface area (Å²) in [5, 5.41) is 0. The number of anilines is 1. The van der Waals surface area contributed by atoms with Crippen LogP contribution in [0.1, 0.15) is 0 Å². The van der Waals surface area contributed by atoms with Gasteiger partial charge in [-0.05, 0) is 33.6 Å². The minimum Gasteiger partial charge on any atom is -0.473 e.